The molecule has 0 aromatic heterocycles. The third-order valence-electron chi connectivity index (χ3n) is 9.23. The predicted molar refractivity (Wildman–Crippen MR) is 198 cm³/mol. The van der Waals surface area contributed by atoms with Gasteiger partial charge in [0.25, 0.3) is 0 Å². The van der Waals surface area contributed by atoms with Crippen molar-refractivity contribution in [1.82, 2.24) is 0 Å². The molecular weight excluding hydrogens is 601 g/mol. The Morgan fingerprint density at radius 1 is 0.600 bits per heavy atom. The first-order chi connectivity index (χ1) is 22.0. The lowest BCUT2D eigenvalue weighted by atomic mass is 10.0. The van der Waals surface area contributed by atoms with Gasteiger partial charge in [0.15, 0.2) is 22.3 Å². The molecule has 1 rings (SSSR count). The van der Waals surface area contributed by atoms with Crippen molar-refractivity contribution >= 4 is 34.5 Å². The molecule has 4 atom stereocenters. The highest BCUT2D eigenvalue weighted by Gasteiger charge is 2.44. The van der Waals surface area contributed by atoms with Crippen LogP contribution >= 0.6 is 24.4 Å². The van der Waals surface area contributed by atoms with Crippen molar-refractivity contribution in [3.63, 3.8) is 0 Å². The molecule has 0 aromatic carbocycles. The summed E-state index contributed by atoms with van der Waals surface area (Å²) in [6.07, 6.45) is 32.7. The fourth-order valence-electron chi connectivity index (χ4n) is 6.30. The number of ether oxygens (including phenoxy) is 3. The van der Waals surface area contributed by atoms with Gasteiger partial charge in [0.1, 0.15) is 12.2 Å². The molecule has 0 bridgehead atoms. The highest BCUT2D eigenvalue weighted by atomic mass is 32.1. The van der Waals surface area contributed by atoms with Crippen molar-refractivity contribution in [1.29, 1.82) is 0 Å². The average molecular weight is 673 g/mol. The van der Waals surface area contributed by atoms with Crippen molar-refractivity contribution in [3.05, 3.63) is 0 Å². The van der Waals surface area contributed by atoms with E-state index in [9.17, 15) is 10.2 Å². The van der Waals surface area contributed by atoms with E-state index in [0.29, 0.717) is 22.9 Å². The Kier molecular flexibility index (Phi) is 29.4. The molecular formula is C38H72O5S2. The lowest BCUT2D eigenvalue weighted by Gasteiger charge is -2.28. The smallest absolute Gasteiger partial charge is 0.160 e. The van der Waals surface area contributed by atoms with Crippen LogP contribution < -0.4 is 0 Å². The molecule has 266 valence electrons. The highest BCUT2D eigenvalue weighted by Crippen LogP contribution is 2.25. The maximum atomic E-state index is 10.5. The Bertz CT molecular complexity index is 691. The number of hydrogen-bond acceptors (Lipinski definition) is 7. The molecule has 1 saturated heterocycles. The van der Waals surface area contributed by atoms with Gasteiger partial charge < -0.3 is 24.4 Å². The first-order valence-corrected chi connectivity index (χ1v) is 20.1. The Balaban J connectivity index is 2.13. The first-order valence-electron chi connectivity index (χ1n) is 19.3. The molecule has 0 spiro atoms. The molecule has 0 amide bonds. The van der Waals surface area contributed by atoms with E-state index >= 15 is 0 Å². The van der Waals surface area contributed by atoms with Crippen molar-refractivity contribution < 1.29 is 24.4 Å². The van der Waals surface area contributed by atoms with E-state index in [1.165, 1.54) is 141 Å². The number of unbranched alkanes of at least 4 members (excludes halogenated alkanes) is 24. The van der Waals surface area contributed by atoms with Crippen LogP contribution in [0.25, 0.3) is 0 Å². The third kappa shape index (κ3) is 23.6. The standard InChI is InChI=1S/C38H72O5S2/c1-3-5-7-9-11-13-15-17-19-21-23-25-27-29-35(44)42-34(31-39)38-37(33(40)32-41-38)43-36(45)30-28-26-24-22-20-18-16-14-12-10-8-6-4-2/h33-34,37-40H,3-32H2,1-2H3/t33-,34+,37-,38-/m1/s1. The summed E-state index contributed by atoms with van der Waals surface area (Å²) in [4.78, 5) is 0. The topological polar surface area (TPSA) is 68.2 Å². The van der Waals surface area contributed by atoms with E-state index in [1.54, 1.807) is 0 Å². The molecule has 0 radical (unpaired) electrons. The Morgan fingerprint density at radius 2 is 0.956 bits per heavy atom. The summed E-state index contributed by atoms with van der Waals surface area (Å²) in [5.74, 6) is 0. The summed E-state index contributed by atoms with van der Waals surface area (Å²) >= 11 is 11.0. The van der Waals surface area contributed by atoms with E-state index in [2.05, 4.69) is 13.8 Å². The summed E-state index contributed by atoms with van der Waals surface area (Å²) < 4.78 is 17.8. The van der Waals surface area contributed by atoms with Gasteiger partial charge in [-0.25, -0.2) is 0 Å². The van der Waals surface area contributed by atoms with Crippen molar-refractivity contribution in [2.45, 2.75) is 218 Å². The van der Waals surface area contributed by atoms with Crippen LogP contribution in [0.15, 0.2) is 0 Å². The molecule has 1 aliphatic heterocycles. The van der Waals surface area contributed by atoms with Gasteiger partial charge in [-0.05, 0) is 37.3 Å². The van der Waals surface area contributed by atoms with Gasteiger partial charge in [-0.3, -0.25) is 0 Å². The van der Waals surface area contributed by atoms with Crippen LogP contribution in [-0.4, -0.2) is 57.9 Å². The number of thiocarbonyl (C=S) groups is 2. The van der Waals surface area contributed by atoms with Crippen LogP contribution in [0.5, 0.6) is 0 Å². The normalized spacial score (nSPS) is 18.7. The zero-order valence-corrected chi connectivity index (χ0v) is 31.1. The lowest BCUT2D eigenvalue weighted by molar-refractivity contribution is -0.0577. The van der Waals surface area contributed by atoms with Gasteiger partial charge in [0.2, 0.25) is 0 Å². The van der Waals surface area contributed by atoms with Crippen LogP contribution in [0.4, 0.5) is 0 Å². The quantitative estimate of drug-likeness (QED) is 0.0544. The summed E-state index contributed by atoms with van der Waals surface area (Å²) in [6, 6.07) is 0. The Morgan fingerprint density at radius 3 is 1.33 bits per heavy atom. The minimum absolute atomic E-state index is 0.141. The van der Waals surface area contributed by atoms with Crippen molar-refractivity contribution in [2.24, 2.45) is 0 Å². The summed E-state index contributed by atoms with van der Waals surface area (Å²) in [7, 11) is 0. The second kappa shape index (κ2) is 31.0. The monoisotopic (exact) mass is 672 g/mol. The van der Waals surface area contributed by atoms with E-state index in [-0.39, 0.29) is 13.2 Å². The molecule has 1 fully saturated rings. The SMILES string of the molecule is CCCCCCCCCCCCCCCC(=S)O[C@H]1[C@@H]([C@H](CO)OC(=S)CCCCCCCCCCCCCCC)OC[C@H]1O. The highest BCUT2D eigenvalue weighted by molar-refractivity contribution is 7.80. The van der Waals surface area contributed by atoms with Gasteiger partial charge in [-0.1, -0.05) is 168 Å². The van der Waals surface area contributed by atoms with Gasteiger partial charge in [-0.15, -0.1) is 0 Å². The fourth-order valence-corrected chi connectivity index (χ4v) is 6.83. The minimum Gasteiger partial charge on any atom is -0.479 e. The van der Waals surface area contributed by atoms with Crippen molar-refractivity contribution in [3.8, 4) is 0 Å². The zero-order chi connectivity index (χ0) is 32.8. The number of aliphatic hydroxyl groups excluding tert-OH is 2. The maximum absolute atomic E-state index is 10.5. The van der Waals surface area contributed by atoms with Gasteiger partial charge in [0, 0.05) is 12.8 Å². The van der Waals surface area contributed by atoms with Gasteiger partial charge in [-0.2, -0.15) is 0 Å². The van der Waals surface area contributed by atoms with Gasteiger partial charge >= 0.3 is 0 Å². The van der Waals surface area contributed by atoms with Crippen molar-refractivity contribution in [2.75, 3.05) is 13.2 Å². The Hall–Kier alpha value is -0.340. The molecule has 2 N–H and O–H groups in total. The molecule has 0 aliphatic carbocycles. The third-order valence-corrected chi connectivity index (χ3v) is 9.83. The number of hydrogen-bond donors (Lipinski definition) is 2. The van der Waals surface area contributed by atoms with Crippen LogP contribution in [0.2, 0.25) is 0 Å². The summed E-state index contributed by atoms with van der Waals surface area (Å²) in [6.45, 7) is 4.43. The molecule has 1 heterocycles. The van der Waals surface area contributed by atoms with E-state index in [0.717, 1.165) is 25.7 Å². The van der Waals surface area contributed by atoms with E-state index < -0.39 is 24.4 Å². The fraction of sp³-hybridized carbons (Fsp3) is 0.947. The molecule has 0 unspecified atom stereocenters. The van der Waals surface area contributed by atoms with E-state index in [4.69, 9.17) is 38.6 Å². The second-order valence-corrected chi connectivity index (χ2v) is 14.4. The van der Waals surface area contributed by atoms with E-state index in [1.807, 2.05) is 0 Å². The largest absolute Gasteiger partial charge is 0.479 e. The Labute approximate surface area is 289 Å². The summed E-state index contributed by atoms with van der Waals surface area (Å²) in [5, 5.41) is 21.6. The number of rotatable bonds is 32. The van der Waals surface area contributed by atoms with Crippen LogP contribution in [0, 0.1) is 0 Å². The van der Waals surface area contributed by atoms with Crippen LogP contribution in [0.1, 0.15) is 194 Å². The molecule has 0 aromatic rings. The minimum atomic E-state index is -0.799. The molecule has 5 nitrogen and oxygen atoms in total. The maximum Gasteiger partial charge on any atom is 0.160 e. The zero-order valence-electron chi connectivity index (χ0n) is 29.5. The second-order valence-electron chi connectivity index (χ2n) is 13.5. The molecule has 45 heavy (non-hydrogen) atoms. The first kappa shape index (κ1) is 42.7. The molecule has 7 heteroatoms. The average Bonchev–Trinajstić information content (AvgIpc) is 3.39. The predicted octanol–water partition coefficient (Wildman–Crippen LogP) is 11.1. The van der Waals surface area contributed by atoms with Crippen LogP contribution in [0.3, 0.4) is 0 Å². The molecule has 1 aliphatic rings. The van der Waals surface area contributed by atoms with Crippen LogP contribution in [-0.2, 0) is 14.2 Å². The lowest BCUT2D eigenvalue weighted by Crippen LogP contribution is -2.45. The van der Waals surface area contributed by atoms with Gasteiger partial charge in [0.05, 0.1) is 13.2 Å². The molecule has 0 saturated carbocycles. The number of aliphatic hydroxyl groups is 2. The summed E-state index contributed by atoms with van der Waals surface area (Å²) in [5.41, 5.74) is 0.